The summed E-state index contributed by atoms with van der Waals surface area (Å²) in [6, 6.07) is 0. The normalized spacial score (nSPS) is 24.5. The molecule has 0 aromatic rings. The standard InChI is InChI=1S/C6H3Cl3N2/c7-5-3-4(10-8)1-2-6(5)11-9/h1-3H. The minimum atomic E-state index is 0.432. The van der Waals surface area contributed by atoms with Crippen molar-refractivity contribution in [3.63, 3.8) is 0 Å². The molecule has 58 valence electrons. The van der Waals surface area contributed by atoms with Crippen molar-refractivity contribution in [3.8, 4) is 0 Å². The van der Waals surface area contributed by atoms with Crippen molar-refractivity contribution >= 4 is 46.6 Å². The van der Waals surface area contributed by atoms with Gasteiger partial charge in [0.25, 0.3) is 0 Å². The van der Waals surface area contributed by atoms with E-state index in [9.17, 15) is 0 Å². The topological polar surface area (TPSA) is 24.7 Å². The molecule has 0 saturated carbocycles. The number of nitrogens with zero attached hydrogens (tertiary/aromatic N) is 2. The van der Waals surface area contributed by atoms with Crippen molar-refractivity contribution in [2.24, 2.45) is 9.02 Å². The molecule has 0 radical (unpaired) electrons. The van der Waals surface area contributed by atoms with Gasteiger partial charge in [0.2, 0.25) is 0 Å². The average molecular weight is 209 g/mol. The molecule has 11 heavy (non-hydrogen) atoms. The minimum Gasteiger partial charge on any atom is -0.178 e. The number of rotatable bonds is 0. The van der Waals surface area contributed by atoms with Crippen molar-refractivity contribution in [2.75, 3.05) is 0 Å². The first-order chi connectivity index (χ1) is 5.27. The van der Waals surface area contributed by atoms with Crippen molar-refractivity contribution in [3.05, 3.63) is 23.3 Å². The fourth-order valence-electron chi connectivity index (χ4n) is 0.617. The first-order valence-electron chi connectivity index (χ1n) is 2.71. The molecule has 0 unspecified atom stereocenters. The Morgan fingerprint density at radius 1 is 1.09 bits per heavy atom. The molecule has 0 fully saturated rings. The molecule has 0 spiro atoms. The third-order valence-electron chi connectivity index (χ3n) is 1.12. The van der Waals surface area contributed by atoms with Crippen molar-refractivity contribution in [1.82, 2.24) is 0 Å². The van der Waals surface area contributed by atoms with Crippen LogP contribution in [0.1, 0.15) is 0 Å². The van der Waals surface area contributed by atoms with Crippen LogP contribution < -0.4 is 0 Å². The second-order valence-electron chi connectivity index (χ2n) is 1.80. The van der Waals surface area contributed by atoms with Crippen LogP contribution in [-0.4, -0.2) is 11.4 Å². The highest BCUT2D eigenvalue weighted by Gasteiger charge is 2.06. The molecular weight excluding hydrogens is 206 g/mol. The molecule has 0 N–H and O–H groups in total. The van der Waals surface area contributed by atoms with E-state index in [2.05, 4.69) is 9.02 Å². The average Bonchev–Trinajstić information content (AvgIpc) is 2.04. The number of halogens is 3. The number of hydrogen-bond donors (Lipinski definition) is 0. The summed E-state index contributed by atoms with van der Waals surface area (Å²) in [4.78, 5) is 0. The third-order valence-corrected chi connectivity index (χ3v) is 1.80. The van der Waals surface area contributed by atoms with Crippen LogP contribution in [-0.2, 0) is 0 Å². The fourth-order valence-corrected chi connectivity index (χ4v) is 1.13. The summed E-state index contributed by atoms with van der Waals surface area (Å²) >= 11 is 16.1. The highest BCUT2D eigenvalue weighted by molar-refractivity contribution is 6.50. The summed E-state index contributed by atoms with van der Waals surface area (Å²) in [5, 5.41) is 0.432. The van der Waals surface area contributed by atoms with E-state index in [1.807, 2.05) is 0 Å². The van der Waals surface area contributed by atoms with Gasteiger partial charge < -0.3 is 0 Å². The van der Waals surface area contributed by atoms with Gasteiger partial charge in [0.1, 0.15) is 0 Å². The van der Waals surface area contributed by atoms with E-state index >= 15 is 0 Å². The zero-order valence-corrected chi connectivity index (χ0v) is 7.53. The Morgan fingerprint density at radius 3 is 2.27 bits per heavy atom. The summed E-state index contributed by atoms with van der Waals surface area (Å²) in [5.41, 5.74) is 1.10. The van der Waals surface area contributed by atoms with E-state index < -0.39 is 0 Å². The van der Waals surface area contributed by atoms with Gasteiger partial charge in [-0.05, 0) is 18.2 Å². The van der Waals surface area contributed by atoms with Gasteiger partial charge in [-0.1, -0.05) is 11.6 Å². The van der Waals surface area contributed by atoms with E-state index in [4.69, 9.17) is 35.2 Å². The van der Waals surface area contributed by atoms with Crippen LogP contribution in [0.3, 0.4) is 0 Å². The molecule has 1 rings (SSSR count). The zero-order chi connectivity index (χ0) is 8.27. The second-order valence-corrected chi connectivity index (χ2v) is 2.55. The van der Waals surface area contributed by atoms with Crippen LogP contribution in [0.5, 0.6) is 0 Å². The first-order valence-corrected chi connectivity index (χ1v) is 3.77. The summed E-state index contributed by atoms with van der Waals surface area (Å²) < 4.78 is 6.81. The Labute approximate surface area is 79.1 Å². The smallest absolute Gasteiger partial charge is 0.0964 e. The van der Waals surface area contributed by atoms with Gasteiger partial charge in [-0.15, -0.1) is 0 Å². The van der Waals surface area contributed by atoms with E-state index in [1.165, 1.54) is 0 Å². The maximum Gasteiger partial charge on any atom is 0.0964 e. The molecule has 2 nitrogen and oxygen atoms in total. The Bertz CT molecular complexity index is 276. The van der Waals surface area contributed by atoms with Crippen molar-refractivity contribution in [2.45, 2.75) is 0 Å². The monoisotopic (exact) mass is 208 g/mol. The molecule has 0 aromatic heterocycles. The van der Waals surface area contributed by atoms with Crippen LogP contribution in [0.15, 0.2) is 32.3 Å². The quantitative estimate of drug-likeness (QED) is 0.548. The lowest BCUT2D eigenvalue weighted by Crippen LogP contribution is -2.02. The van der Waals surface area contributed by atoms with Crippen LogP contribution in [0.4, 0.5) is 0 Å². The summed E-state index contributed by atoms with van der Waals surface area (Å²) in [6.07, 6.45) is 4.88. The predicted molar refractivity (Wildman–Crippen MR) is 49.7 cm³/mol. The molecular formula is C6H3Cl3N2. The maximum absolute atomic E-state index is 5.71. The van der Waals surface area contributed by atoms with Gasteiger partial charge in [0.05, 0.1) is 16.5 Å². The van der Waals surface area contributed by atoms with E-state index in [1.54, 1.807) is 18.2 Å². The van der Waals surface area contributed by atoms with Gasteiger partial charge in [-0.2, -0.15) is 9.02 Å². The van der Waals surface area contributed by atoms with Crippen LogP contribution >= 0.6 is 35.2 Å². The SMILES string of the molecule is ClN=C1C=CC(=NCl)C(Cl)=C1. The Hall–Kier alpha value is -0.310. The van der Waals surface area contributed by atoms with Crippen LogP contribution in [0.25, 0.3) is 0 Å². The summed E-state index contributed by atoms with van der Waals surface area (Å²) in [6.45, 7) is 0. The summed E-state index contributed by atoms with van der Waals surface area (Å²) in [7, 11) is 0. The lowest BCUT2D eigenvalue weighted by Gasteiger charge is -2.01. The van der Waals surface area contributed by atoms with Crippen LogP contribution in [0.2, 0.25) is 0 Å². The lowest BCUT2D eigenvalue weighted by molar-refractivity contribution is 1.76. The molecule has 1 aliphatic carbocycles. The van der Waals surface area contributed by atoms with E-state index in [0.29, 0.717) is 16.5 Å². The molecule has 0 aromatic carbocycles. The molecule has 0 heterocycles. The minimum absolute atomic E-state index is 0.432. The molecule has 0 saturated heterocycles. The Kier molecular flexibility index (Phi) is 3.12. The molecule has 0 aliphatic heterocycles. The lowest BCUT2D eigenvalue weighted by atomic mass is 10.1. The highest BCUT2D eigenvalue weighted by atomic mass is 35.5. The first kappa shape index (κ1) is 8.78. The molecule has 0 amide bonds. The molecule has 0 atom stereocenters. The molecule has 5 heteroatoms. The molecule has 1 aliphatic rings. The van der Waals surface area contributed by atoms with Gasteiger partial charge in [0.15, 0.2) is 0 Å². The largest absolute Gasteiger partial charge is 0.178 e. The number of allylic oxidation sites excluding steroid dienone is 4. The highest BCUT2D eigenvalue weighted by Crippen LogP contribution is 2.13. The predicted octanol–water partition coefficient (Wildman–Crippen LogP) is 2.87. The molecule has 0 bridgehead atoms. The van der Waals surface area contributed by atoms with Crippen molar-refractivity contribution < 1.29 is 0 Å². The third kappa shape index (κ3) is 2.06. The fraction of sp³-hybridized carbons (Fsp3) is 0. The Morgan fingerprint density at radius 2 is 1.82 bits per heavy atom. The second kappa shape index (κ2) is 3.90. The van der Waals surface area contributed by atoms with E-state index in [-0.39, 0.29) is 0 Å². The van der Waals surface area contributed by atoms with Gasteiger partial charge in [-0.25, -0.2) is 0 Å². The van der Waals surface area contributed by atoms with Crippen molar-refractivity contribution in [1.29, 1.82) is 0 Å². The van der Waals surface area contributed by atoms with Crippen LogP contribution in [0, 0.1) is 0 Å². The maximum atomic E-state index is 5.71. The van der Waals surface area contributed by atoms with Gasteiger partial charge in [-0.3, -0.25) is 0 Å². The number of hydrogen-bond acceptors (Lipinski definition) is 2. The summed E-state index contributed by atoms with van der Waals surface area (Å²) in [5.74, 6) is 0. The van der Waals surface area contributed by atoms with E-state index in [0.717, 1.165) is 0 Å². The van der Waals surface area contributed by atoms with Gasteiger partial charge >= 0.3 is 0 Å². The zero-order valence-electron chi connectivity index (χ0n) is 5.26. The van der Waals surface area contributed by atoms with Gasteiger partial charge in [0, 0.05) is 23.6 Å². The Balaban J connectivity index is 2.97.